The summed E-state index contributed by atoms with van der Waals surface area (Å²) in [5, 5.41) is -0.0854. The molecule has 1 fully saturated rings. The van der Waals surface area contributed by atoms with Gasteiger partial charge in [-0.3, -0.25) is 4.90 Å². The van der Waals surface area contributed by atoms with Crippen molar-refractivity contribution in [1.29, 1.82) is 0 Å². The summed E-state index contributed by atoms with van der Waals surface area (Å²) >= 11 is 5.80. The van der Waals surface area contributed by atoms with Crippen molar-refractivity contribution in [3.8, 4) is 0 Å². The first-order valence-electron chi connectivity index (χ1n) is 6.07. The predicted molar refractivity (Wildman–Crippen MR) is 69.2 cm³/mol. The van der Waals surface area contributed by atoms with Crippen LogP contribution in [0.5, 0.6) is 0 Å². The van der Waals surface area contributed by atoms with Crippen molar-refractivity contribution in [2.45, 2.75) is 19.4 Å². The Bertz CT molecular complexity index is 417. The van der Waals surface area contributed by atoms with Crippen molar-refractivity contribution in [2.75, 3.05) is 33.7 Å². The minimum absolute atomic E-state index is 0.0642. The van der Waals surface area contributed by atoms with Gasteiger partial charge in [-0.25, -0.2) is 14.4 Å². The summed E-state index contributed by atoms with van der Waals surface area (Å²) in [7, 11) is 4.12. The van der Waals surface area contributed by atoms with Gasteiger partial charge in [0.1, 0.15) is 5.82 Å². The number of likely N-dealkylation sites (N-methyl/N-ethyl adjacent to an activating group) is 2. The average molecular weight is 273 g/mol. The normalized spacial score (nSPS) is 23.1. The van der Waals surface area contributed by atoms with Gasteiger partial charge in [-0.1, -0.05) is 11.6 Å². The maximum absolute atomic E-state index is 13.5. The highest BCUT2D eigenvalue weighted by atomic mass is 35.5. The largest absolute Gasteiger partial charge is 0.304 e. The molecule has 0 radical (unpaired) electrons. The first-order chi connectivity index (χ1) is 8.49. The van der Waals surface area contributed by atoms with E-state index in [0.717, 1.165) is 26.1 Å². The number of aromatic nitrogens is 2. The van der Waals surface area contributed by atoms with Gasteiger partial charge in [-0.2, -0.15) is 0 Å². The number of aryl methyl sites for hydroxylation is 1. The van der Waals surface area contributed by atoms with Crippen LogP contribution in [0, 0.1) is 12.7 Å². The second-order valence-electron chi connectivity index (χ2n) is 4.88. The number of halogens is 2. The van der Waals surface area contributed by atoms with Gasteiger partial charge in [0, 0.05) is 6.54 Å². The summed E-state index contributed by atoms with van der Waals surface area (Å²) in [6, 6.07) is 0.0642. The molecule has 0 aromatic carbocycles. The van der Waals surface area contributed by atoms with Gasteiger partial charge in [-0.15, -0.1) is 0 Å². The van der Waals surface area contributed by atoms with E-state index >= 15 is 0 Å². The van der Waals surface area contributed by atoms with E-state index in [0.29, 0.717) is 11.5 Å². The Morgan fingerprint density at radius 3 is 2.67 bits per heavy atom. The molecule has 0 aliphatic carbocycles. The highest BCUT2D eigenvalue weighted by Gasteiger charge is 2.25. The van der Waals surface area contributed by atoms with E-state index in [-0.39, 0.29) is 11.2 Å². The quantitative estimate of drug-likeness (QED) is 0.731. The van der Waals surface area contributed by atoms with E-state index in [2.05, 4.69) is 26.8 Å². The molecule has 1 unspecified atom stereocenters. The molecule has 1 atom stereocenters. The Hall–Kier alpha value is -0.780. The van der Waals surface area contributed by atoms with Crippen LogP contribution in [0.1, 0.15) is 24.0 Å². The molecule has 0 spiro atoms. The molecule has 1 saturated heterocycles. The fraction of sp³-hybridized carbons (Fsp3) is 0.667. The van der Waals surface area contributed by atoms with E-state index in [4.69, 9.17) is 11.6 Å². The average Bonchev–Trinajstić information content (AvgIpc) is 2.47. The van der Waals surface area contributed by atoms with Crippen LogP contribution in [0.25, 0.3) is 0 Å². The molecule has 100 valence electrons. The number of nitrogens with zero attached hydrogens (tertiary/aromatic N) is 4. The smallest absolute Gasteiger partial charge is 0.181 e. The molecule has 1 aliphatic heterocycles. The lowest BCUT2D eigenvalue weighted by Crippen LogP contribution is -2.32. The van der Waals surface area contributed by atoms with Gasteiger partial charge in [-0.05, 0) is 40.5 Å². The molecule has 4 nitrogen and oxygen atoms in total. The zero-order valence-electron chi connectivity index (χ0n) is 11.0. The summed E-state index contributed by atoms with van der Waals surface area (Å²) in [6.07, 6.45) is 1.11. The predicted octanol–water partition coefficient (Wildman–Crippen LogP) is 1.89. The third-order valence-corrected chi connectivity index (χ3v) is 3.61. The third-order valence-electron chi connectivity index (χ3n) is 3.36. The summed E-state index contributed by atoms with van der Waals surface area (Å²) in [5.74, 6) is 0.0835. The third kappa shape index (κ3) is 2.79. The SMILES string of the molecule is Cc1nc(C2CN(C)CCCN2C)nc(Cl)c1F. The molecular weight excluding hydrogens is 255 g/mol. The molecule has 1 aromatic rings. The van der Waals surface area contributed by atoms with E-state index in [9.17, 15) is 4.39 Å². The van der Waals surface area contributed by atoms with Crippen molar-refractivity contribution in [2.24, 2.45) is 0 Å². The Morgan fingerprint density at radius 2 is 2.00 bits per heavy atom. The summed E-state index contributed by atoms with van der Waals surface area (Å²) in [4.78, 5) is 12.8. The van der Waals surface area contributed by atoms with Crippen LogP contribution < -0.4 is 0 Å². The summed E-state index contributed by atoms with van der Waals surface area (Å²) < 4.78 is 13.5. The zero-order chi connectivity index (χ0) is 13.3. The van der Waals surface area contributed by atoms with Crippen molar-refractivity contribution in [3.63, 3.8) is 0 Å². The standard InChI is InChI=1S/C12H18ClFN4/c1-8-10(14)11(13)16-12(15-8)9-7-17(2)5-4-6-18(9)3/h9H,4-7H2,1-3H3. The second kappa shape index (κ2) is 5.47. The van der Waals surface area contributed by atoms with E-state index in [1.165, 1.54) is 0 Å². The zero-order valence-corrected chi connectivity index (χ0v) is 11.7. The van der Waals surface area contributed by atoms with Gasteiger partial charge in [0.2, 0.25) is 0 Å². The van der Waals surface area contributed by atoms with Gasteiger partial charge in [0.25, 0.3) is 0 Å². The molecule has 1 aromatic heterocycles. The molecule has 2 heterocycles. The Balaban J connectivity index is 2.33. The second-order valence-corrected chi connectivity index (χ2v) is 5.24. The van der Waals surface area contributed by atoms with Gasteiger partial charge in [0.05, 0.1) is 11.7 Å². The Morgan fingerprint density at radius 1 is 1.28 bits per heavy atom. The van der Waals surface area contributed by atoms with Crippen LogP contribution in [0.3, 0.4) is 0 Å². The van der Waals surface area contributed by atoms with E-state index in [1.807, 2.05) is 7.05 Å². The lowest BCUT2D eigenvalue weighted by Gasteiger charge is -2.26. The lowest BCUT2D eigenvalue weighted by molar-refractivity contribution is 0.219. The van der Waals surface area contributed by atoms with Crippen molar-refractivity contribution >= 4 is 11.6 Å². The summed E-state index contributed by atoms with van der Waals surface area (Å²) in [5.41, 5.74) is 0.310. The van der Waals surface area contributed by atoms with Crippen molar-refractivity contribution in [3.05, 3.63) is 22.5 Å². The number of rotatable bonds is 1. The molecule has 0 saturated carbocycles. The van der Waals surface area contributed by atoms with Gasteiger partial charge in [0.15, 0.2) is 11.0 Å². The molecule has 6 heteroatoms. The maximum Gasteiger partial charge on any atom is 0.181 e. The van der Waals surface area contributed by atoms with Crippen molar-refractivity contribution < 1.29 is 4.39 Å². The summed E-state index contributed by atoms with van der Waals surface area (Å²) in [6.45, 7) is 4.48. The first-order valence-corrected chi connectivity index (χ1v) is 6.45. The first kappa shape index (κ1) is 13.6. The molecule has 0 N–H and O–H groups in total. The topological polar surface area (TPSA) is 32.3 Å². The van der Waals surface area contributed by atoms with E-state index in [1.54, 1.807) is 6.92 Å². The monoisotopic (exact) mass is 272 g/mol. The maximum atomic E-state index is 13.5. The number of hydrogen-bond donors (Lipinski definition) is 0. The van der Waals surface area contributed by atoms with Crippen LogP contribution in [-0.2, 0) is 0 Å². The number of hydrogen-bond acceptors (Lipinski definition) is 4. The van der Waals surface area contributed by atoms with Crippen LogP contribution >= 0.6 is 11.6 Å². The Labute approximate surface area is 112 Å². The Kier molecular flexibility index (Phi) is 4.14. The molecule has 0 amide bonds. The fourth-order valence-electron chi connectivity index (χ4n) is 2.24. The van der Waals surface area contributed by atoms with Gasteiger partial charge >= 0.3 is 0 Å². The van der Waals surface area contributed by atoms with Crippen LogP contribution in [-0.4, -0.2) is 53.5 Å². The molecule has 1 aliphatic rings. The minimum Gasteiger partial charge on any atom is -0.304 e. The van der Waals surface area contributed by atoms with Crippen molar-refractivity contribution in [1.82, 2.24) is 19.8 Å². The lowest BCUT2D eigenvalue weighted by atomic mass is 10.2. The van der Waals surface area contributed by atoms with Crippen LogP contribution in [0.2, 0.25) is 5.15 Å². The fourth-order valence-corrected chi connectivity index (χ4v) is 2.47. The highest BCUT2D eigenvalue weighted by molar-refractivity contribution is 6.29. The molecule has 0 bridgehead atoms. The van der Waals surface area contributed by atoms with Crippen LogP contribution in [0.15, 0.2) is 0 Å². The molecule has 2 rings (SSSR count). The van der Waals surface area contributed by atoms with Crippen LogP contribution in [0.4, 0.5) is 4.39 Å². The molecular formula is C12H18ClFN4. The highest BCUT2D eigenvalue weighted by Crippen LogP contribution is 2.23. The van der Waals surface area contributed by atoms with E-state index < -0.39 is 5.82 Å². The van der Waals surface area contributed by atoms with Gasteiger partial charge < -0.3 is 4.90 Å². The minimum atomic E-state index is -0.523. The molecule has 18 heavy (non-hydrogen) atoms.